The highest BCUT2D eigenvalue weighted by Gasteiger charge is 2.11. The highest BCUT2D eigenvalue weighted by molar-refractivity contribution is 9.10. The molecule has 0 unspecified atom stereocenters. The van der Waals surface area contributed by atoms with Gasteiger partial charge in [-0.1, -0.05) is 82.7 Å². The maximum atomic E-state index is 3.61. The molecule has 2 heteroatoms. The Balaban J connectivity index is 1.94. The quantitative estimate of drug-likeness (QED) is 0.538. The van der Waals surface area contributed by atoms with Crippen molar-refractivity contribution in [3.8, 4) is 0 Å². The van der Waals surface area contributed by atoms with Crippen molar-refractivity contribution in [1.82, 2.24) is 0 Å². The number of hydrogen-bond donors (Lipinski definition) is 0. The van der Waals surface area contributed by atoms with E-state index in [-0.39, 0.29) is 0 Å². The second-order valence-electron chi connectivity index (χ2n) is 5.76. The number of benzene rings is 3. The van der Waals surface area contributed by atoms with Gasteiger partial charge in [-0.3, -0.25) is 0 Å². The van der Waals surface area contributed by atoms with E-state index in [1.165, 1.54) is 22.4 Å². The fraction of sp³-hybridized carbons (Fsp3) is 0.143. The first-order valence-corrected chi connectivity index (χ1v) is 8.60. The minimum Gasteiger partial charge on any atom is -0.363 e. The standard InChI is InChI=1S/C21H20BrN/c1-17-12-13-20(22)14-21(17)23(15-18-8-4-2-5-9-18)16-19-10-6-3-7-11-19/h2-14H,15-16H2,1H3. The third kappa shape index (κ3) is 4.23. The number of rotatable bonds is 5. The second kappa shape index (κ2) is 7.47. The maximum Gasteiger partial charge on any atom is 0.0433 e. The van der Waals surface area contributed by atoms with Crippen molar-refractivity contribution < 1.29 is 0 Å². The first-order valence-electron chi connectivity index (χ1n) is 7.81. The van der Waals surface area contributed by atoms with Gasteiger partial charge in [0.2, 0.25) is 0 Å². The molecule has 0 aromatic heterocycles. The molecule has 0 aliphatic carbocycles. The highest BCUT2D eigenvalue weighted by Crippen LogP contribution is 2.27. The Bertz CT molecular complexity index is 712. The number of nitrogens with zero attached hydrogens (tertiary/aromatic N) is 1. The summed E-state index contributed by atoms with van der Waals surface area (Å²) in [5.41, 5.74) is 5.21. The summed E-state index contributed by atoms with van der Waals surface area (Å²) in [6, 6.07) is 27.8. The lowest BCUT2D eigenvalue weighted by Crippen LogP contribution is -2.23. The van der Waals surface area contributed by atoms with E-state index in [1.807, 2.05) is 0 Å². The summed E-state index contributed by atoms with van der Waals surface area (Å²) in [5, 5.41) is 0. The van der Waals surface area contributed by atoms with Crippen LogP contribution in [0.15, 0.2) is 83.3 Å². The highest BCUT2D eigenvalue weighted by atomic mass is 79.9. The van der Waals surface area contributed by atoms with Crippen LogP contribution in [-0.2, 0) is 13.1 Å². The summed E-state index contributed by atoms with van der Waals surface area (Å²) >= 11 is 3.61. The van der Waals surface area contributed by atoms with Crippen LogP contribution in [-0.4, -0.2) is 0 Å². The van der Waals surface area contributed by atoms with Crippen LogP contribution in [0.2, 0.25) is 0 Å². The molecule has 3 aromatic rings. The fourth-order valence-electron chi connectivity index (χ4n) is 2.76. The predicted octanol–water partition coefficient (Wildman–Crippen LogP) is 5.96. The van der Waals surface area contributed by atoms with Gasteiger partial charge in [0.05, 0.1) is 0 Å². The normalized spacial score (nSPS) is 10.5. The molecule has 0 atom stereocenters. The molecule has 0 N–H and O–H groups in total. The summed E-state index contributed by atoms with van der Waals surface area (Å²) in [4.78, 5) is 2.44. The van der Waals surface area contributed by atoms with E-state index in [0.717, 1.165) is 17.6 Å². The van der Waals surface area contributed by atoms with Gasteiger partial charge >= 0.3 is 0 Å². The van der Waals surface area contributed by atoms with Crippen molar-refractivity contribution >= 4 is 21.6 Å². The molecule has 23 heavy (non-hydrogen) atoms. The molecule has 0 aliphatic heterocycles. The zero-order chi connectivity index (χ0) is 16.1. The zero-order valence-corrected chi connectivity index (χ0v) is 14.8. The number of halogens is 1. The summed E-state index contributed by atoms with van der Waals surface area (Å²) in [5.74, 6) is 0. The lowest BCUT2D eigenvalue weighted by atomic mass is 10.1. The molecule has 0 fully saturated rings. The van der Waals surface area contributed by atoms with Crippen LogP contribution in [0, 0.1) is 6.92 Å². The Morgan fingerprint density at radius 3 is 1.78 bits per heavy atom. The van der Waals surface area contributed by atoms with E-state index >= 15 is 0 Å². The van der Waals surface area contributed by atoms with Crippen molar-refractivity contribution in [3.05, 3.63) is 100 Å². The minimum atomic E-state index is 0.896. The summed E-state index contributed by atoms with van der Waals surface area (Å²) in [6.07, 6.45) is 0. The van der Waals surface area contributed by atoms with Crippen LogP contribution in [0.25, 0.3) is 0 Å². The van der Waals surface area contributed by atoms with Crippen LogP contribution < -0.4 is 4.90 Å². The van der Waals surface area contributed by atoms with Crippen LogP contribution in [0.4, 0.5) is 5.69 Å². The molecular weight excluding hydrogens is 346 g/mol. The van der Waals surface area contributed by atoms with Gasteiger partial charge in [0.15, 0.2) is 0 Å². The zero-order valence-electron chi connectivity index (χ0n) is 13.2. The van der Waals surface area contributed by atoms with Gasteiger partial charge in [-0.15, -0.1) is 0 Å². The minimum absolute atomic E-state index is 0.896. The van der Waals surface area contributed by atoms with Gasteiger partial charge < -0.3 is 4.90 Å². The molecule has 0 bridgehead atoms. The largest absolute Gasteiger partial charge is 0.363 e. The van der Waals surface area contributed by atoms with Gasteiger partial charge in [-0.2, -0.15) is 0 Å². The van der Waals surface area contributed by atoms with Crippen molar-refractivity contribution in [3.63, 3.8) is 0 Å². The number of hydrogen-bond acceptors (Lipinski definition) is 1. The molecule has 3 aromatic carbocycles. The SMILES string of the molecule is Cc1ccc(Br)cc1N(Cc1ccccc1)Cc1ccccc1. The molecular formula is C21H20BrN. The van der Waals surface area contributed by atoms with Crippen molar-refractivity contribution in [2.45, 2.75) is 20.0 Å². The van der Waals surface area contributed by atoms with Crippen LogP contribution in [0.3, 0.4) is 0 Å². The van der Waals surface area contributed by atoms with Gasteiger partial charge in [-0.25, -0.2) is 0 Å². The van der Waals surface area contributed by atoms with E-state index in [4.69, 9.17) is 0 Å². The van der Waals surface area contributed by atoms with Crippen molar-refractivity contribution in [2.75, 3.05) is 4.90 Å². The Morgan fingerprint density at radius 1 is 0.739 bits per heavy atom. The van der Waals surface area contributed by atoms with Crippen LogP contribution >= 0.6 is 15.9 Å². The van der Waals surface area contributed by atoms with Gasteiger partial charge in [-0.05, 0) is 35.7 Å². The molecule has 0 saturated carbocycles. The second-order valence-corrected chi connectivity index (χ2v) is 6.67. The average Bonchev–Trinajstić information content (AvgIpc) is 2.58. The smallest absolute Gasteiger partial charge is 0.0433 e. The van der Waals surface area contributed by atoms with Gasteiger partial charge in [0, 0.05) is 23.2 Å². The molecule has 3 rings (SSSR count). The molecule has 0 aliphatic rings. The van der Waals surface area contributed by atoms with Crippen molar-refractivity contribution in [1.29, 1.82) is 0 Å². The van der Waals surface area contributed by atoms with E-state index in [1.54, 1.807) is 0 Å². The summed E-state index contributed by atoms with van der Waals surface area (Å²) in [7, 11) is 0. The van der Waals surface area contributed by atoms with Crippen LogP contribution in [0.5, 0.6) is 0 Å². The number of aryl methyl sites for hydroxylation is 1. The predicted molar refractivity (Wildman–Crippen MR) is 102 cm³/mol. The maximum absolute atomic E-state index is 3.61. The Kier molecular flexibility index (Phi) is 5.14. The Hall–Kier alpha value is -2.06. The topological polar surface area (TPSA) is 3.24 Å². The monoisotopic (exact) mass is 365 g/mol. The van der Waals surface area contributed by atoms with Crippen molar-refractivity contribution in [2.24, 2.45) is 0 Å². The molecule has 1 nitrogen and oxygen atoms in total. The molecule has 0 amide bonds. The average molecular weight is 366 g/mol. The Labute approximate surface area is 146 Å². The molecule has 116 valence electrons. The molecule has 0 radical (unpaired) electrons. The van der Waals surface area contributed by atoms with E-state index in [0.29, 0.717) is 0 Å². The van der Waals surface area contributed by atoms with Gasteiger partial charge in [0.25, 0.3) is 0 Å². The molecule has 0 heterocycles. The lowest BCUT2D eigenvalue weighted by molar-refractivity contribution is 0.796. The first-order chi connectivity index (χ1) is 11.2. The number of anilines is 1. The Morgan fingerprint density at radius 2 is 1.26 bits per heavy atom. The lowest BCUT2D eigenvalue weighted by Gasteiger charge is -2.27. The summed E-state index contributed by atoms with van der Waals surface area (Å²) in [6.45, 7) is 3.96. The first kappa shape index (κ1) is 15.8. The van der Waals surface area contributed by atoms with E-state index in [9.17, 15) is 0 Å². The molecule has 0 spiro atoms. The fourth-order valence-corrected chi connectivity index (χ4v) is 3.11. The molecule has 0 saturated heterocycles. The van der Waals surface area contributed by atoms with Gasteiger partial charge in [0.1, 0.15) is 0 Å². The third-order valence-electron chi connectivity index (χ3n) is 3.94. The third-order valence-corrected chi connectivity index (χ3v) is 4.44. The van der Waals surface area contributed by atoms with E-state index in [2.05, 4.69) is 107 Å². The van der Waals surface area contributed by atoms with E-state index < -0.39 is 0 Å². The van der Waals surface area contributed by atoms with Crippen LogP contribution in [0.1, 0.15) is 16.7 Å². The summed E-state index contributed by atoms with van der Waals surface area (Å²) < 4.78 is 1.12.